The second-order valence-corrected chi connectivity index (χ2v) is 4.69. The molecule has 1 aromatic carbocycles. The Morgan fingerprint density at radius 1 is 1.38 bits per heavy atom. The van der Waals surface area contributed by atoms with E-state index in [1.54, 1.807) is 19.3 Å². The van der Waals surface area contributed by atoms with Crippen molar-refractivity contribution in [2.45, 2.75) is 20.0 Å². The van der Waals surface area contributed by atoms with Gasteiger partial charge >= 0.3 is 5.97 Å². The van der Waals surface area contributed by atoms with Crippen LogP contribution in [0.2, 0.25) is 0 Å². The van der Waals surface area contributed by atoms with E-state index >= 15 is 0 Å². The van der Waals surface area contributed by atoms with Gasteiger partial charge in [0.15, 0.2) is 0 Å². The smallest absolute Gasteiger partial charge is 0.333 e. The number of imidazole rings is 1. The Balaban J connectivity index is 2.31. The van der Waals surface area contributed by atoms with Crippen LogP contribution in [0.25, 0.3) is 5.69 Å². The highest BCUT2D eigenvalue weighted by molar-refractivity contribution is 5.86. The Labute approximate surface area is 124 Å². The summed E-state index contributed by atoms with van der Waals surface area (Å²) in [6.07, 6.45) is 4.14. The molecule has 0 unspecified atom stereocenters. The van der Waals surface area contributed by atoms with E-state index in [0.717, 1.165) is 17.1 Å². The van der Waals surface area contributed by atoms with E-state index in [9.17, 15) is 4.79 Å². The van der Waals surface area contributed by atoms with Gasteiger partial charge in [-0.1, -0.05) is 30.9 Å². The minimum absolute atomic E-state index is 0.157. The molecular weight excluding hydrogens is 264 g/mol. The monoisotopic (exact) mass is 282 g/mol. The maximum Gasteiger partial charge on any atom is 0.333 e. The van der Waals surface area contributed by atoms with Gasteiger partial charge in [-0.05, 0) is 19.1 Å². The summed E-state index contributed by atoms with van der Waals surface area (Å²) in [5.41, 5.74) is 3.05. The van der Waals surface area contributed by atoms with Gasteiger partial charge in [0.05, 0.1) is 17.7 Å². The summed E-state index contributed by atoms with van der Waals surface area (Å²) in [6.45, 7) is 9.10. The zero-order valence-electron chi connectivity index (χ0n) is 12.1. The van der Waals surface area contributed by atoms with E-state index in [1.807, 2.05) is 34.9 Å². The summed E-state index contributed by atoms with van der Waals surface area (Å²) in [5, 5.41) is 0. The van der Waals surface area contributed by atoms with Gasteiger partial charge in [0.1, 0.15) is 6.61 Å². The summed E-state index contributed by atoms with van der Waals surface area (Å²) in [5.74, 6) is -0.402. The van der Waals surface area contributed by atoms with Gasteiger partial charge in [-0.3, -0.25) is 4.57 Å². The molecule has 0 aliphatic heterocycles. The first-order chi connectivity index (χ1) is 10.1. The van der Waals surface area contributed by atoms with Crippen molar-refractivity contribution in [3.63, 3.8) is 0 Å². The highest BCUT2D eigenvalue weighted by Crippen LogP contribution is 2.17. The fraction of sp³-hybridized carbons (Fsp3) is 0.176. The molecule has 0 radical (unpaired) electrons. The molecule has 2 aromatic rings. The van der Waals surface area contributed by atoms with E-state index < -0.39 is 5.97 Å². The summed E-state index contributed by atoms with van der Waals surface area (Å²) in [4.78, 5) is 16.0. The third-order valence-corrected chi connectivity index (χ3v) is 3.01. The van der Waals surface area contributed by atoms with Crippen molar-refractivity contribution in [3.8, 4) is 5.69 Å². The van der Waals surface area contributed by atoms with E-state index in [1.165, 1.54) is 0 Å². The highest BCUT2D eigenvalue weighted by Gasteiger charge is 2.14. The second kappa shape index (κ2) is 6.70. The van der Waals surface area contributed by atoms with Gasteiger partial charge in [-0.15, -0.1) is 6.58 Å². The normalized spacial score (nSPS) is 10.1. The minimum atomic E-state index is -0.402. The van der Waals surface area contributed by atoms with Crippen molar-refractivity contribution in [3.05, 3.63) is 72.9 Å². The Kier molecular flexibility index (Phi) is 4.72. The van der Waals surface area contributed by atoms with E-state index in [2.05, 4.69) is 18.1 Å². The van der Waals surface area contributed by atoms with E-state index in [-0.39, 0.29) is 6.61 Å². The molecule has 21 heavy (non-hydrogen) atoms. The van der Waals surface area contributed by atoms with Crippen LogP contribution in [0.15, 0.2) is 61.5 Å². The summed E-state index contributed by atoms with van der Waals surface area (Å²) < 4.78 is 7.18. The number of nitrogens with zero attached hydrogens (tertiary/aromatic N) is 2. The predicted molar refractivity (Wildman–Crippen MR) is 82.1 cm³/mol. The first-order valence-electron chi connectivity index (χ1n) is 6.67. The molecule has 4 nitrogen and oxygen atoms in total. The number of aromatic nitrogens is 2. The van der Waals surface area contributed by atoms with Crippen LogP contribution in [0.4, 0.5) is 0 Å². The van der Waals surface area contributed by atoms with Crippen molar-refractivity contribution in [1.82, 2.24) is 9.55 Å². The highest BCUT2D eigenvalue weighted by atomic mass is 16.5. The summed E-state index contributed by atoms with van der Waals surface area (Å²) in [6, 6.07) is 9.80. The molecule has 0 aliphatic rings. The van der Waals surface area contributed by atoms with Crippen LogP contribution in [0.1, 0.15) is 18.3 Å². The standard InChI is InChI=1S/C17H18N2O2/c1-4-8-15-16(11-21-17(20)13(2)3)19(12-18-15)14-9-6-5-7-10-14/h4-7,9-10,12H,1-2,8,11H2,3H3. The van der Waals surface area contributed by atoms with Gasteiger partial charge in [-0.2, -0.15) is 0 Å². The zero-order chi connectivity index (χ0) is 15.2. The molecule has 0 saturated heterocycles. The maximum atomic E-state index is 11.6. The number of ether oxygens (including phenoxy) is 1. The van der Waals surface area contributed by atoms with Crippen LogP contribution in [0.3, 0.4) is 0 Å². The Morgan fingerprint density at radius 2 is 2.10 bits per heavy atom. The Morgan fingerprint density at radius 3 is 2.71 bits per heavy atom. The zero-order valence-corrected chi connectivity index (χ0v) is 12.1. The largest absolute Gasteiger partial charge is 0.456 e. The van der Waals surface area contributed by atoms with Crippen LogP contribution < -0.4 is 0 Å². The average Bonchev–Trinajstić information content (AvgIpc) is 2.89. The predicted octanol–water partition coefficient (Wildman–Crippen LogP) is 3.22. The van der Waals surface area contributed by atoms with Crippen LogP contribution in [0, 0.1) is 0 Å². The van der Waals surface area contributed by atoms with Crippen LogP contribution in [-0.2, 0) is 22.6 Å². The SMILES string of the molecule is C=CCc1ncn(-c2ccccc2)c1COC(=O)C(=C)C. The number of rotatable bonds is 6. The molecule has 0 bridgehead atoms. The molecule has 108 valence electrons. The Hall–Kier alpha value is -2.62. The molecule has 0 amide bonds. The lowest BCUT2D eigenvalue weighted by molar-refractivity contribution is -0.140. The van der Waals surface area contributed by atoms with Crippen molar-refractivity contribution < 1.29 is 9.53 Å². The summed E-state index contributed by atoms with van der Waals surface area (Å²) >= 11 is 0. The number of esters is 1. The van der Waals surface area contributed by atoms with Crippen LogP contribution in [0.5, 0.6) is 0 Å². The van der Waals surface area contributed by atoms with Gasteiger partial charge in [0.2, 0.25) is 0 Å². The molecule has 2 rings (SSSR count). The Bertz CT molecular complexity index is 657. The number of carbonyl (C=O) groups is 1. The fourth-order valence-electron chi connectivity index (χ4n) is 1.94. The number of hydrogen-bond acceptors (Lipinski definition) is 3. The lowest BCUT2D eigenvalue weighted by Crippen LogP contribution is -2.09. The topological polar surface area (TPSA) is 44.1 Å². The lowest BCUT2D eigenvalue weighted by atomic mass is 10.2. The molecule has 4 heteroatoms. The number of allylic oxidation sites excluding steroid dienone is 1. The van der Waals surface area contributed by atoms with E-state index in [0.29, 0.717) is 12.0 Å². The maximum absolute atomic E-state index is 11.6. The number of hydrogen-bond donors (Lipinski definition) is 0. The first kappa shape index (κ1) is 14.8. The van der Waals surface area contributed by atoms with Crippen molar-refractivity contribution in [1.29, 1.82) is 0 Å². The average molecular weight is 282 g/mol. The first-order valence-corrected chi connectivity index (χ1v) is 6.67. The third-order valence-electron chi connectivity index (χ3n) is 3.01. The van der Waals surface area contributed by atoms with E-state index in [4.69, 9.17) is 4.74 Å². The van der Waals surface area contributed by atoms with Crippen molar-refractivity contribution >= 4 is 5.97 Å². The molecule has 0 spiro atoms. The number of para-hydroxylation sites is 1. The fourth-order valence-corrected chi connectivity index (χ4v) is 1.94. The second-order valence-electron chi connectivity index (χ2n) is 4.69. The lowest BCUT2D eigenvalue weighted by Gasteiger charge is -2.10. The van der Waals surface area contributed by atoms with Gasteiger partial charge < -0.3 is 4.74 Å². The van der Waals surface area contributed by atoms with Gasteiger partial charge in [0, 0.05) is 17.7 Å². The van der Waals surface area contributed by atoms with Crippen LogP contribution >= 0.6 is 0 Å². The third kappa shape index (κ3) is 3.48. The minimum Gasteiger partial charge on any atom is -0.456 e. The molecular formula is C17H18N2O2. The molecule has 0 fully saturated rings. The molecule has 0 atom stereocenters. The van der Waals surface area contributed by atoms with Crippen molar-refractivity contribution in [2.75, 3.05) is 0 Å². The van der Waals surface area contributed by atoms with Crippen molar-refractivity contribution in [2.24, 2.45) is 0 Å². The van der Waals surface area contributed by atoms with Gasteiger partial charge in [0.25, 0.3) is 0 Å². The quantitative estimate of drug-likeness (QED) is 0.464. The number of carbonyl (C=O) groups excluding carboxylic acids is 1. The molecule has 1 aromatic heterocycles. The molecule has 0 aliphatic carbocycles. The molecule has 1 heterocycles. The van der Waals surface area contributed by atoms with Crippen LogP contribution in [-0.4, -0.2) is 15.5 Å². The number of benzene rings is 1. The molecule has 0 saturated carbocycles. The molecule has 0 N–H and O–H groups in total. The summed E-state index contributed by atoms with van der Waals surface area (Å²) in [7, 11) is 0. The van der Waals surface area contributed by atoms with Gasteiger partial charge in [-0.25, -0.2) is 9.78 Å².